The highest BCUT2D eigenvalue weighted by molar-refractivity contribution is 6.07. The van der Waals surface area contributed by atoms with Crippen LogP contribution in [0, 0.1) is 5.82 Å². The van der Waals surface area contributed by atoms with Gasteiger partial charge in [0.25, 0.3) is 0 Å². The number of carboxylic acids is 1. The molecule has 2 aliphatic rings. The lowest BCUT2D eigenvalue weighted by atomic mass is 9.84. The second-order valence-electron chi connectivity index (χ2n) is 11.0. The SMILES string of the molecule is O=C(O)c1coc2c3c(c(O)c(C(c4ccncc4)N4CCNCC4)c12)CC(OCc1cccc2cc(F)ccc12)C=C3. The van der Waals surface area contributed by atoms with Crippen LogP contribution in [0.2, 0.25) is 0 Å². The molecular formula is C34H30FN3O5. The highest BCUT2D eigenvalue weighted by Gasteiger charge is 2.35. The van der Waals surface area contributed by atoms with Gasteiger partial charge < -0.3 is 24.7 Å². The lowest BCUT2D eigenvalue weighted by Crippen LogP contribution is -2.45. The molecule has 3 N–H and O–H groups in total. The van der Waals surface area contributed by atoms with Crippen molar-refractivity contribution < 1.29 is 28.6 Å². The summed E-state index contributed by atoms with van der Waals surface area (Å²) in [5.41, 5.74) is 4.09. The Labute approximate surface area is 247 Å². The van der Waals surface area contributed by atoms with Gasteiger partial charge in [0.2, 0.25) is 0 Å². The van der Waals surface area contributed by atoms with Gasteiger partial charge in [0.15, 0.2) is 0 Å². The maximum atomic E-state index is 13.8. The van der Waals surface area contributed by atoms with Gasteiger partial charge in [-0.05, 0) is 46.2 Å². The van der Waals surface area contributed by atoms with Gasteiger partial charge in [-0.25, -0.2) is 9.18 Å². The normalized spacial score (nSPS) is 17.7. The zero-order valence-electron chi connectivity index (χ0n) is 23.3. The van der Waals surface area contributed by atoms with Crippen molar-refractivity contribution in [2.45, 2.75) is 25.2 Å². The van der Waals surface area contributed by atoms with Crippen molar-refractivity contribution in [3.63, 3.8) is 0 Å². The summed E-state index contributed by atoms with van der Waals surface area (Å²) in [4.78, 5) is 18.8. The highest BCUT2D eigenvalue weighted by Crippen LogP contribution is 2.47. The minimum Gasteiger partial charge on any atom is -0.507 e. The number of aromatic nitrogens is 1. The zero-order chi connectivity index (χ0) is 29.5. The van der Waals surface area contributed by atoms with E-state index in [1.807, 2.05) is 42.5 Å². The van der Waals surface area contributed by atoms with Crippen molar-refractivity contribution in [2.24, 2.45) is 0 Å². The molecule has 9 heteroatoms. The fraction of sp³-hybridized carbons (Fsp3) is 0.235. The number of phenols is 1. The van der Waals surface area contributed by atoms with Gasteiger partial charge in [0, 0.05) is 67.1 Å². The number of furan rings is 1. The van der Waals surface area contributed by atoms with Crippen LogP contribution in [0.25, 0.3) is 27.8 Å². The van der Waals surface area contributed by atoms with Crippen molar-refractivity contribution in [3.05, 3.63) is 112 Å². The maximum absolute atomic E-state index is 13.8. The summed E-state index contributed by atoms with van der Waals surface area (Å²) in [5.74, 6) is -1.36. The number of nitrogens with one attached hydrogen (secondary N) is 1. The number of halogens is 1. The Morgan fingerprint density at radius 3 is 2.77 bits per heavy atom. The summed E-state index contributed by atoms with van der Waals surface area (Å²) in [7, 11) is 0. The molecule has 0 amide bonds. The molecule has 218 valence electrons. The molecule has 2 aromatic heterocycles. The lowest BCUT2D eigenvalue weighted by Gasteiger charge is -2.37. The standard InChI is InChI=1S/C34H30FN3O5/c35-23-4-6-25-21(16-23)2-1-3-22(25)18-42-24-5-7-26-27(17-24)32(39)30(29-28(34(40)41)19-43-33(26)29)31(20-8-10-36-11-9-20)38-14-12-37-13-15-38/h1-11,16,19,24,31,37,39H,12-15,17-18H2,(H,40,41). The van der Waals surface area contributed by atoms with E-state index in [1.54, 1.807) is 18.5 Å². The number of hydrogen-bond donors (Lipinski definition) is 3. The third-order valence-electron chi connectivity index (χ3n) is 8.48. The van der Waals surface area contributed by atoms with E-state index in [1.165, 1.54) is 18.4 Å². The molecule has 3 aromatic carbocycles. The van der Waals surface area contributed by atoms with Crippen LogP contribution in [0.1, 0.15) is 44.2 Å². The van der Waals surface area contributed by atoms with E-state index in [0.717, 1.165) is 35.0 Å². The van der Waals surface area contributed by atoms with Crippen LogP contribution >= 0.6 is 0 Å². The van der Waals surface area contributed by atoms with E-state index in [4.69, 9.17) is 9.15 Å². The largest absolute Gasteiger partial charge is 0.507 e. The summed E-state index contributed by atoms with van der Waals surface area (Å²) in [6, 6.07) is 13.8. The molecule has 0 radical (unpaired) electrons. The van der Waals surface area contributed by atoms with E-state index in [9.17, 15) is 19.4 Å². The predicted molar refractivity (Wildman–Crippen MR) is 161 cm³/mol. The number of nitrogens with zero attached hydrogens (tertiary/aromatic N) is 2. The van der Waals surface area contributed by atoms with Crippen molar-refractivity contribution in [3.8, 4) is 5.75 Å². The van der Waals surface area contributed by atoms with Crippen molar-refractivity contribution in [2.75, 3.05) is 26.2 Å². The summed E-state index contributed by atoms with van der Waals surface area (Å²) in [6.07, 6.45) is 8.44. The molecule has 1 saturated heterocycles. The first-order valence-electron chi connectivity index (χ1n) is 14.3. The van der Waals surface area contributed by atoms with Crippen molar-refractivity contribution in [1.29, 1.82) is 0 Å². The molecule has 2 atom stereocenters. The third-order valence-corrected chi connectivity index (χ3v) is 8.48. The summed E-state index contributed by atoms with van der Waals surface area (Å²) >= 11 is 0. The fourth-order valence-electron chi connectivity index (χ4n) is 6.45. The average molecular weight is 580 g/mol. The Hall–Kier alpha value is -4.57. The van der Waals surface area contributed by atoms with Crippen LogP contribution < -0.4 is 5.32 Å². The Kier molecular flexibility index (Phi) is 7.14. The number of aromatic hydroxyl groups is 1. The number of aromatic carboxylic acids is 1. The lowest BCUT2D eigenvalue weighted by molar-refractivity contribution is 0.0697. The molecule has 3 heterocycles. The smallest absolute Gasteiger partial charge is 0.339 e. The predicted octanol–water partition coefficient (Wildman–Crippen LogP) is 5.67. The minimum atomic E-state index is -1.12. The number of carbonyl (C=O) groups is 1. The maximum Gasteiger partial charge on any atom is 0.339 e. The Morgan fingerprint density at radius 1 is 1.16 bits per heavy atom. The van der Waals surface area contributed by atoms with Crippen molar-refractivity contribution in [1.82, 2.24) is 15.2 Å². The van der Waals surface area contributed by atoms with E-state index >= 15 is 0 Å². The molecular weight excluding hydrogens is 549 g/mol. The summed E-state index contributed by atoms with van der Waals surface area (Å²) < 4.78 is 26.1. The summed E-state index contributed by atoms with van der Waals surface area (Å²) in [6.45, 7) is 3.27. The summed E-state index contributed by atoms with van der Waals surface area (Å²) in [5, 5.41) is 27.7. The highest BCUT2D eigenvalue weighted by atomic mass is 19.1. The van der Waals surface area contributed by atoms with E-state index < -0.39 is 12.0 Å². The van der Waals surface area contributed by atoms with Gasteiger partial charge in [-0.1, -0.05) is 36.4 Å². The molecule has 2 unspecified atom stereocenters. The third kappa shape index (κ3) is 4.95. The number of piperazine rings is 1. The fourth-order valence-corrected chi connectivity index (χ4v) is 6.45. The van der Waals surface area contributed by atoms with Crippen LogP contribution in [0.5, 0.6) is 5.75 Å². The Balaban J connectivity index is 1.31. The number of ether oxygens (including phenoxy) is 1. The molecule has 1 aliphatic carbocycles. The van der Waals surface area contributed by atoms with E-state index in [0.29, 0.717) is 53.8 Å². The number of benzene rings is 3. The minimum absolute atomic E-state index is 0.0106. The number of carboxylic acid groups (broad SMARTS) is 1. The first-order chi connectivity index (χ1) is 21.0. The monoisotopic (exact) mass is 579 g/mol. The molecule has 0 bridgehead atoms. The molecule has 1 aliphatic heterocycles. The molecule has 0 saturated carbocycles. The van der Waals surface area contributed by atoms with Gasteiger partial charge in [-0.3, -0.25) is 9.88 Å². The van der Waals surface area contributed by atoms with Crippen LogP contribution in [0.3, 0.4) is 0 Å². The zero-order valence-corrected chi connectivity index (χ0v) is 23.3. The first-order valence-corrected chi connectivity index (χ1v) is 14.3. The topological polar surface area (TPSA) is 108 Å². The van der Waals surface area contributed by atoms with Crippen LogP contribution in [-0.2, 0) is 17.8 Å². The Bertz CT molecular complexity index is 1860. The Morgan fingerprint density at radius 2 is 1.98 bits per heavy atom. The first kappa shape index (κ1) is 27.3. The number of rotatable bonds is 7. The number of hydrogen-bond acceptors (Lipinski definition) is 7. The van der Waals surface area contributed by atoms with Crippen molar-refractivity contribution >= 4 is 33.8 Å². The molecule has 43 heavy (non-hydrogen) atoms. The van der Waals surface area contributed by atoms with Gasteiger partial charge >= 0.3 is 5.97 Å². The van der Waals surface area contributed by atoms with Crippen LogP contribution in [0.4, 0.5) is 4.39 Å². The second kappa shape index (κ2) is 11.3. The van der Waals surface area contributed by atoms with E-state index in [2.05, 4.69) is 15.2 Å². The number of phenolic OH excluding ortho intramolecular Hbond substituents is 1. The van der Waals surface area contributed by atoms with Crippen LogP contribution in [-0.4, -0.2) is 58.3 Å². The van der Waals surface area contributed by atoms with Gasteiger partial charge in [0.1, 0.15) is 29.0 Å². The van der Waals surface area contributed by atoms with Crippen LogP contribution in [0.15, 0.2) is 77.7 Å². The number of fused-ring (bicyclic) bond motifs is 4. The van der Waals surface area contributed by atoms with Gasteiger partial charge in [-0.15, -0.1) is 0 Å². The second-order valence-corrected chi connectivity index (χ2v) is 11.0. The molecule has 5 aromatic rings. The molecule has 7 rings (SSSR count). The molecule has 8 nitrogen and oxygen atoms in total. The molecule has 1 fully saturated rings. The van der Waals surface area contributed by atoms with E-state index in [-0.39, 0.29) is 23.2 Å². The average Bonchev–Trinajstić information content (AvgIpc) is 3.48. The number of pyridine rings is 1. The molecule has 0 spiro atoms. The van der Waals surface area contributed by atoms with Gasteiger partial charge in [-0.2, -0.15) is 0 Å². The quantitative estimate of drug-likeness (QED) is 0.226. The van der Waals surface area contributed by atoms with Gasteiger partial charge in [0.05, 0.1) is 18.8 Å².